The van der Waals surface area contributed by atoms with Crippen molar-refractivity contribution in [2.75, 3.05) is 0 Å². The van der Waals surface area contributed by atoms with Gasteiger partial charge in [-0.25, -0.2) is 0 Å². The van der Waals surface area contributed by atoms with Crippen LogP contribution in [0.1, 0.15) is 32.6 Å². The van der Waals surface area contributed by atoms with E-state index in [2.05, 4.69) is 10.2 Å². The fourth-order valence-corrected chi connectivity index (χ4v) is 1.46. The number of hydrogen-bond acceptors (Lipinski definition) is 3. The van der Waals surface area contributed by atoms with Crippen LogP contribution in [-0.2, 0) is 0 Å². The molecule has 2 rings (SSSR count). The Morgan fingerprint density at radius 3 is 2.00 bits per heavy atom. The van der Waals surface area contributed by atoms with Gasteiger partial charge in [0.1, 0.15) is 0 Å². The van der Waals surface area contributed by atoms with Crippen molar-refractivity contribution >= 4 is 0 Å². The topological polar surface area (TPSA) is 45.0 Å². The van der Waals surface area contributed by atoms with Gasteiger partial charge in [0, 0.05) is 0 Å². The summed E-state index contributed by atoms with van der Waals surface area (Å²) < 4.78 is 0. The molecular formula is C7H12N2O. The second kappa shape index (κ2) is 1.59. The average molecular weight is 140 g/mol. The summed E-state index contributed by atoms with van der Waals surface area (Å²) in [5.41, 5.74) is -0.471. The molecule has 0 amide bonds. The molecule has 0 aromatic rings. The normalized spacial score (nSPS) is 32.6. The smallest absolute Gasteiger partial charge is 0.191 e. The maximum absolute atomic E-state index is 9.55. The standard InChI is InChI=1S/C7H12N2O/c1-6(10)2-4-7(5-3-6)8-9-7/h10H,2-5H2,1H3. The first-order valence-corrected chi connectivity index (χ1v) is 3.79. The van der Waals surface area contributed by atoms with Crippen LogP contribution in [0.5, 0.6) is 0 Å². The lowest BCUT2D eigenvalue weighted by Crippen LogP contribution is -2.33. The minimum atomic E-state index is -0.446. The number of nitrogens with zero attached hydrogens (tertiary/aromatic N) is 2. The van der Waals surface area contributed by atoms with Gasteiger partial charge in [-0.2, -0.15) is 10.2 Å². The Bertz CT molecular complexity index is 162. The summed E-state index contributed by atoms with van der Waals surface area (Å²) in [5.74, 6) is 0. The van der Waals surface area contributed by atoms with Crippen LogP contribution < -0.4 is 0 Å². The van der Waals surface area contributed by atoms with Gasteiger partial charge in [-0.3, -0.25) is 0 Å². The highest BCUT2D eigenvalue weighted by Crippen LogP contribution is 2.45. The SMILES string of the molecule is CC1(O)CCC2(CC1)N=N2. The van der Waals surface area contributed by atoms with Gasteiger partial charge < -0.3 is 5.11 Å². The van der Waals surface area contributed by atoms with E-state index in [9.17, 15) is 5.11 Å². The molecule has 0 atom stereocenters. The molecule has 1 fully saturated rings. The lowest BCUT2D eigenvalue weighted by atomic mass is 9.82. The lowest BCUT2D eigenvalue weighted by molar-refractivity contribution is 0.0124. The van der Waals surface area contributed by atoms with Gasteiger partial charge in [0.05, 0.1) is 5.60 Å². The third kappa shape index (κ3) is 0.944. The van der Waals surface area contributed by atoms with Gasteiger partial charge in [-0.15, -0.1) is 0 Å². The Morgan fingerprint density at radius 2 is 1.60 bits per heavy atom. The molecule has 2 aliphatic rings. The van der Waals surface area contributed by atoms with Crippen molar-refractivity contribution in [2.24, 2.45) is 10.2 Å². The van der Waals surface area contributed by atoms with Crippen LogP contribution in [-0.4, -0.2) is 16.4 Å². The summed E-state index contributed by atoms with van der Waals surface area (Å²) >= 11 is 0. The van der Waals surface area contributed by atoms with Crippen LogP contribution in [0.25, 0.3) is 0 Å². The Hall–Kier alpha value is -0.440. The molecule has 1 spiro atoms. The number of rotatable bonds is 0. The summed E-state index contributed by atoms with van der Waals surface area (Å²) in [5, 5.41) is 17.5. The third-order valence-electron chi connectivity index (χ3n) is 2.51. The zero-order valence-corrected chi connectivity index (χ0v) is 6.17. The van der Waals surface area contributed by atoms with E-state index in [1.54, 1.807) is 0 Å². The molecule has 0 unspecified atom stereocenters. The van der Waals surface area contributed by atoms with Crippen LogP contribution >= 0.6 is 0 Å². The largest absolute Gasteiger partial charge is 0.390 e. The predicted octanol–water partition coefficient (Wildman–Crippen LogP) is 1.47. The van der Waals surface area contributed by atoms with E-state index in [4.69, 9.17) is 0 Å². The fourth-order valence-electron chi connectivity index (χ4n) is 1.46. The fraction of sp³-hybridized carbons (Fsp3) is 1.00. The Labute approximate surface area is 60.2 Å². The van der Waals surface area contributed by atoms with Crippen molar-refractivity contribution in [3.05, 3.63) is 0 Å². The molecule has 56 valence electrons. The second-order valence-electron chi connectivity index (χ2n) is 3.68. The highest BCUT2D eigenvalue weighted by Gasteiger charge is 2.46. The van der Waals surface area contributed by atoms with Crippen molar-refractivity contribution in [3.63, 3.8) is 0 Å². The monoisotopic (exact) mass is 140 g/mol. The van der Waals surface area contributed by atoms with Gasteiger partial charge in [-0.05, 0) is 32.6 Å². The summed E-state index contributed by atoms with van der Waals surface area (Å²) in [4.78, 5) is 0. The van der Waals surface area contributed by atoms with Crippen LogP contribution in [0.4, 0.5) is 0 Å². The summed E-state index contributed by atoms with van der Waals surface area (Å²) in [6.07, 6.45) is 3.58. The molecule has 0 saturated heterocycles. The van der Waals surface area contributed by atoms with Crippen LogP contribution in [0, 0.1) is 0 Å². The highest BCUT2D eigenvalue weighted by molar-refractivity contribution is 5.00. The molecule has 10 heavy (non-hydrogen) atoms. The average Bonchev–Trinajstić information content (AvgIpc) is 2.60. The maximum Gasteiger partial charge on any atom is 0.191 e. The van der Waals surface area contributed by atoms with E-state index in [-0.39, 0.29) is 5.66 Å². The number of aliphatic hydroxyl groups is 1. The van der Waals surface area contributed by atoms with Crippen molar-refractivity contribution in [3.8, 4) is 0 Å². The zero-order valence-electron chi connectivity index (χ0n) is 6.17. The molecule has 0 bridgehead atoms. The molecule has 3 heteroatoms. The van der Waals surface area contributed by atoms with Crippen LogP contribution in [0.15, 0.2) is 10.2 Å². The molecule has 0 radical (unpaired) electrons. The number of hydrogen-bond donors (Lipinski definition) is 1. The minimum absolute atomic E-state index is 0.0256. The summed E-state index contributed by atoms with van der Waals surface area (Å²) in [6.45, 7) is 1.89. The van der Waals surface area contributed by atoms with Crippen LogP contribution in [0.2, 0.25) is 0 Å². The van der Waals surface area contributed by atoms with Crippen LogP contribution in [0.3, 0.4) is 0 Å². The van der Waals surface area contributed by atoms with E-state index in [0.717, 1.165) is 25.7 Å². The molecule has 0 aromatic carbocycles. The predicted molar refractivity (Wildman–Crippen MR) is 36.7 cm³/mol. The van der Waals surface area contributed by atoms with E-state index >= 15 is 0 Å². The zero-order chi connectivity index (χ0) is 7.24. The van der Waals surface area contributed by atoms with E-state index in [1.165, 1.54) is 0 Å². The quantitative estimate of drug-likeness (QED) is 0.544. The highest BCUT2D eigenvalue weighted by atomic mass is 16.3. The first-order chi connectivity index (χ1) is 4.62. The van der Waals surface area contributed by atoms with Crippen molar-refractivity contribution in [1.82, 2.24) is 0 Å². The van der Waals surface area contributed by atoms with Crippen molar-refractivity contribution in [2.45, 2.75) is 43.9 Å². The Morgan fingerprint density at radius 1 is 1.10 bits per heavy atom. The molecule has 3 nitrogen and oxygen atoms in total. The first kappa shape index (κ1) is 6.28. The Balaban J connectivity index is 1.96. The molecule has 1 N–H and O–H groups in total. The van der Waals surface area contributed by atoms with Gasteiger partial charge in [-0.1, -0.05) is 0 Å². The van der Waals surface area contributed by atoms with E-state index in [1.807, 2.05) is 6.92 Å². The van der Waals surface area contributed by atoms with Crippen molar-refractivity contribution < 1.29 is 5.11 Å². The molecular weight excluding hydrogens is 128 g/mol. The van der Waals surface area contributed by atoms with Crippen molar-refractivity contribution in [1.29, 1.82) is 0 Å². The van der Waals surface area contributed by atoms with E-state index in [0.29, 0.717) is 0 Å². The summed E-state index contributed by atoms with van der Waals surface area (Å²) in [7, 11) is 0. The van der Waals surface area contributed by atoms with Gasteiger partial charge >= 0.3 is 0 Å². The molecule has 1 saturated carbocycles. The van der Waals surface area contributed by atoms with E-state index < -0.39 is 5.60 Å². The minimum Gasteiger partial charge on any atom is -0.390 e. The lowest BCUT2D eigenvalue weighted by Gasteiger charge is -2.30. The third-order valence-corrected chi connectivity index (χ3v) is 2.51. The van der Waals surface area contributed by atoms with Gasteiger partial charge in [0.2, 0.25) is 0 Å². The molecule has 0 aromatic heterocycles. The molecule has 1 aliphatic heterocycles. The maximum atomic E-state index is 9.55. The summed E-state index contributed by atoms with van der Waals surface area (Å²) in [6, 6.07) is 0. The molecule has 1 heterocycles. The second-order valence-corrected chi connectivity index (χ2v) is 3.68. The van der Waals surface area contributed by atoms with Gasteiger partial charge in [0.25, 0.3) is 0 Å². The first-order valence-electron chi connectivity index (χ1n) is 3.79. The molecule has 1 aliphatic carbocycles. The van der Waals surface area contributed by atoms with Gasteiger partial charge in [0.15, 0.2) is 5.66 Å². The Kier molecular flexibility index (Phi) is 0.997.